The Morgan fingerprint density at radius 3 is 2.19 bits per heavy atom. The molecule has 2 N–H and O–H groups in total. The van der Waals surface area contributed by atoms with Crippen molar-refractivity contribution in [1.29, 1.82) is 0 Å². The van der Waals surface area contributed by atoms with Crippen LogP contribution in [0.4, 0.5) is 13.2 Å². The van der Waals surface area contributed by atoms with Gasteiger partial charge < -0.3 is 5.73 Å². The Labute approximate surface area is 104 Å². The highest BCUT2D eigenvalue weighted by atomic mass is 79.9. The van der Waals surface area contributed by atoms with Crippen molar-refractivity contribution in [2.24, 2.45) is 5.73 Å². The van der Waals surface area contributed by atoms with Gasteiger partial charge in [0.05, 0.1) is 4.47 Å². The number of rotatable bonds is 2. The van der Waals surface area contributed by atoms with Gasteiger partial charge in [-0.1, -0.05) is 11.6 Å². The Bertz CT molecular complexity index is 431. The van der Waals surface area contributed by atoms with Gasteiger partial charge in [-0.25, -0.2) is 13.2 Å². The molecule has 1 aromatic carbocycles. The predicted octanol–water partition coefficient (Wildman–Crippen LogP) is 3.51. The Balaban J connectivity index is 2.71. The Morgan fingerprint density at radius 1 is 1.19 bits per heavy atom. The summed E-state index contributed by atoms with van der Waals surface area (Å²) in [5, 5.41) is -0.832. The molecule has 0 spiro atoms. The highest BCUT2D eigenvalue weighted by Gasteiger charge is 2.48. The lowest BCUT2D eigenvalue weighted by molar-refractivity contribution is 0.468. The molecule has 0 atom stereocenters. The van der Waals surface area contributed by atoms with E-state index in [2.05, 4.69) is 15.9 Å². The lowest BCUT2D eigenvalue weighted by atomic mass is 9.95. The Hall–Kier alpha value is -0.260. The highest BCUT2D eigenvalue weighted by molar-refractivity contribution is 9.10. The monoisotopic (exact) mass is 313 g/mol. The molecule has 1 aliphatic carbocycles. The van der Waals surface area contributed by atoms with Gasteiger partial charge in [0.1, 0.15) is 5.02 Å². The van der Waals surface area contributed by atoms with Crippen molar-refractivity contribution in [1.82, 2.24) is 0 Å². The van der Waals surface area contributed by atoms with Crippen molar-refractivity contribution >= 4 is 27.5 Å². The quantitative estimate of drug-likeness (QED) is 0.656. The molecule has 88 valence electrons. The summed E-state index contributed by atoms with van der Waals surface area (Å²) in [4.78, 5) is 0. The Kier molecular flexibility index (Phi) is 2.97. The minimum Gasteiger partial charge on any atom is -0.330 e. The van der Waals surface area contributed by atoms with Crippen LogP contribution in [0.2, 0.25) is 5.02 Å². The first-order chi connectivity index (χ1) is 7.44. The minimum atomic E-state index is -1.35. The second kappa shape index (κ2) is 3.89. The first kappa shape index (κ1) is 12.2. The number of halogens is 5. The third-order valence-electron chi connectivity index (χ3n) is 2.98. The van der Waals surface area contributed by atoms with Gasteiger partial charge in [0.15, 0.2) is 17.5 Å². The van der Waals surface area contributed by atoms with Crippen molar-refractivity contribution < 1.29 is 13.2 Å². The molecule has 1 fully saturated rings. The summed E-state index contributed by atoms with van der Waals surface area (Å²) in [6, 6.07) is 0. The van der Waals surface area contributed by atoms with Crippen LogP contribution in [0.3, 0.4) is 0 Å². The van der Waals surface area contributed by atoms with E-state index in [0.717, 1.165) is 0 Å². The molecule has 16 heavy (non-hydrogen) atoms. The van der Waals surface area contributed by atoms with E-state index in [-0.39, 0.29) is 16.6 Å². The van der Waals surface area contributed by atoms with Gasteiger partial charge in [0, 0.05) is 17.5 Å². The zero-order valence-electron chi connectivity index (χ0n) is 8.09. The molecule has 1 aliphatic rings. The van der Waals surface area contributed by atoms with E-state index in [1.54, 1.807) is 0 Å². The number of nitrogens with two attached hydrogens (primary N) is 1. The van der Waals surface area contributed by atoms with E-state index in [1.165, 1.54) is 0 Å². The molecule has 0 unspecified atom stereocenters. The molecule has 0 radical (unpaired) electrons. The third kappa shape index (κ3) is 1.57. The first-order valence-electron chi connectivity index (χ1n) is 4.66. The van der Waals surface area contributed by atoms with Gasteiger partial charge in [-0.2, -0.15) is 0 Å². The lowest BCUT2D eigenvalue weighted by Crippen LogP contribution is -2.23. The number of benzene rings is 1. The molecule has 0 aliphatic heterocycles. The van der Waals surface area contributed by atoms with Crippen molar-refractivity contribution in [3.8, 4) is 0 Å². The SMILES string of the molecule is NCC1(c2c(F)c(F)c(Cl)c(F)c2Br)CC1. The van der Waals surface area contributed by atoms with Crippen LogP contribution >= 0.6 is 27.5 Å². The standard InChI is InChI=1S/C10H8BrClF3N/c11-5-4(10(3-16)1-2-10)7(13)9(15)6(12)8(5)14/h1-3,16H2. The maximum absolute atomic E-state index is 13.7. The van der Waals surface area contributed by atoms with Crippen LogP contribution in [0.15, 0.2) is 4.47 Å². The minimum absolute atomic E-state index is 0.0330. The second-order valence-corrected chi connectivity index (χ2v) is 5.10. The first-order valence-corrected chi connectivity index (χ1v) is 5.83. The summed E-state index contributed by atoms with van der Waals surface area (Å²) in [5.41, 5.74) is 4.83. The zero-order valence-corrected chi connectivity index (χ0v) is 10.4. The molecule has 1 nitrogen and oxygen atoms in total. The van der Waals surface area contributed by atoms with Crippen LogP contribution < -0.4 is 5.73 Å². The summed E-state index contributed by atoms with van der Waals surface area (Å²) in [7, 11) is 0. The molecule has 0 aromatic heterocycles. The molecular formula is C10H8BrClF3N. The average Bonchev–Trinajstić information content (AvgIpc) is 3.05. The normalized spacial score (nSPS) is 17.6. The maximum atomic E-state index is 13.7. The van der Waals surface area contributed by atoms with E-state index < -0.39 is 27.9 Å². The maximum Gasteiger partial charge on any atom is 0.180 e. The second-order valence-electron chi connectivity index (χ2n) is 3.93. The van der Waals surface area contributed by atoms with Crippen molar-refractivity contribution in [2.75, 3.05) is 6.54 Å². The van der Waals surface area contributed by atoms with E-state index in [1.807, 2.05) is 0 Å². The molecule has 0 amide bonds. The van der Waals surface area contributed by atoms with Crippen LogP contribution in [-0.4, -0.2) is 6.54 Å². The van der Waals surface area contributed by atoms with Gasteiger partial charge in [0.2, 0.25) is 0 Å². The number of hydrogen-bond donors (Lipinski definition) is 1. The van der Waals surface area contributed by atoms with Gasteiger partial charge in [-0.3, -0.25) is 0 Å². The van der Waals surface area contributed by atoms with Gasteiger partial charge in [0.25, 0.3) is 0 Å². The van der Waals surface area contributed by atoms with Gasteiger partial charge in [-0.15, -0.1) is 0 Å². The van der Waals surface area contributed by atoms with Crippen LogP contribution in [0.1, 0.15) is 18.4 Å². The molecule has 0 saturated heterocycles. The van der Waals surface area contributed by atoms with E-state index >= 15 is 0 Å². The summed E-state index contributed by atoms with van der Waals surface area (Å²) in [5.74, 6) is -3.44. The fourth-order valence-corrected chi connectivity index (χ4v) is 2.86. The average molecular weight is 315 g/mol. The van der Waals surface area contributed by atoms with E-state index in [0.29, 0.717) is 12.8 Å². The molecule has 2 rings (SSSR count). The van der Waals surface area contributed by atoms with Crippen molar-refractivity contribution in [3.05, 3.63) is 32.5 Å². The predicted molar refractivity (Wildman–Crippen MR) is 59.0 cm³/mol. The highest BCUT2D eigenvalue weighted by Crippen LogP contribution is 2.52. The molecule has 1 saturated carbocycles. The largest absolute Gasteiger partial charge is 0.330 e. The molecule has 6 heteroatoms. The van der Waals surface area contributed by atoms with Crippen LogP contribution in [0.5, 0.6) is 0 Å². The molecule has 0 heterocycles. The molecule has 1 aromatic rings. The summed E-state index contributed by atoms with van der Waals surface area (Å²) >= 11 is 8.23. The number of hydrogen-bond acceptors (Lipinski definition) is 1. The summed E-state index contributed by atoms with van der Waals surface area (Å²) < 4.78 is 40.4. The van der Waals surface area contributed by atoms with E-state index in [9.17, 15) is 13.2 Å². The topological polar surface area (TPSA) is 26.0 Å². The lowest BCUT2D eigenvalue weighted by Gasteiger charge is -2.17. The molecule has 0 bridgehead atoms. The van der Waals surface area contributed by atoms with Crippen LogP contribution in [0, 0.1) is 17.5 Å². The van der Waals surface area contributed by atoms with Crippen LogP contribution in [-0.2, 0) is 5.41 Å². The van der Waals surface area contributed by atoms with Gasteiger partial charge >= 0.3 is 0 Å². The Morgan fingerprint density at radius 2 is 1.75 bits per heavy atom. The fourth-order valence-electron chi connectivity index (χ4n) is 1.78. The molecular weight excluding hydrogens is 306 g/mol. The van der Waals surface area contributed by atoms with Crippen LogP contribution in [0.25, 0.3) is 0 Å². The smallest absolute Gasteiger partial charge is 0.180 e. The zero-order chi connectivity index (χ0) is 12.1. The third-order valence-corrected chi connectivity index (χ3v) is 4.06. The fraction of sp³-hybridized carbons (Fsp3) is 0.400. The van der Waals surface area contributed by atoms with Crippen molar-refractivity contribution in [2.45, 2.75) is 18.3 Å². The van der Waals surface area contributed by atoms with Gasteiger partial charge in [-0.05, 0) is 28.8 Å². The summed E-state index contributed by atoms with van der Waals surface area (Å²) in [6.07, 6.45) is 1.25. The van der Waals surface area contributed by atoms with Crippen molar-refractivity contribution in [3.63, 3.8) is 0 Å². The summed E-state index contributed by atoms with van der Waals surface area (Å²) in [6.45, 7) is 0.156. The van der Waals surface area contributed by atoms with E-state index in [4.69, 9.17) is 17.3 Å².